The maximum atomic E-state index is 12.9. The maximum Gasteiger partial charge on any atom is 0.258 e. The highest BCUT2D eigenvalue weighted by atomic mass is 16.2. The first-order chi connectivity index (χ1) is 12.4. The number of imidazole rings is 1. The van der Waals surface area contributed by atoms with Gasteiger partial charge in [0.15, 0.2) is 5.65 Å². The van der Waals surface area contributed by atoms with Crippen molar-refractivity contribution < 1.29 is 4.79 Å². The van der Waals surface area contributed by atoms with Crippen LogP contribution in [-0.4, -0.2) is 34.9 Å². The number of nitrogens with zero attached hydrogens (tertiary/aromatic N) is 6. The molecule has 0 spiro atoms. The average molecular weight is 353 g/mol. The van der Waals surface area contributed by atoms with Crippen LogP contribution < -0.4 is 11.3 Å². The summed E-state index contributed by atoms with van der Waals surface area (Å²) in [6.45, 7) is 4.94. The summed E-state index contributed by atoms with van der Waals surface area (Å²) in [6, 6.07) is 1.69. The Bertz CT molecular complexity index is 1110. The molecule has 9 nitrogen and oxygen atoms in total. The van der Waals surface area contributed by atoms with Gasteiger partial charge in [-0.1, -0.05) is 0 Å². The van der Waals surface area contributed by atoms with Crippen LogP contribution in [0.25, 0.3) is 11.2 Å². The van der Waals surface area contributed by atoms with Crippen molar-refractivity contribution in [2.45, 2.75) is 33.5 Å². The first-order valence-electron chi connectivity index (χ1n) is 8.37. The monoisotopic (exact) mass is 353 g/mol. The Balaban J connectivity index is 1.68. The lowest BCUT2D eigenvalue weighted by molar-refractivity contribution is 0.0750. The number of amides is 1. The molecule has 9 heteroatoms. The number of aryl methyl sites for hydroxylation is 2. The van der Waals surface area contributed by atoms with Crippen LogP contribution in [0.1, 0.15) is 34.4 Å². The third-order valence-corrected chi connectivity index (χ3v) is 4.85. The van der Waals surface area contributed by atoms with Gasteiger partial charge in [0.2, 0.25) is 5.95 Å². The number of carbonyl (C=O) groups excluding carboxylic acids is 1. The quantitative estimate of drug-likeness (QED) is 0.722. The van der Waals surface area contributed by atoms with Crippen molar-refractivity contribution in [3.8, 4) is 0 Å². The Hall–Kier alpha value is -3.23. The van der Waals surface area contributed by atoms with Gasteiger partial charge in [-0.05, 0) is 19.9 Å². The summed E-state index contributed by atoms with van der Waals surface area (Å²) in [5.41, 5.74) is 8.66. The fourth-order valence-electron chi connectivity index (χ4n) is 3.31. The fraction of sp³-hybridized carbons (Fsp3) is 0.353. The summed E-state index contributed by atoms with van der Waals surface area (Å²) in [6.07, 6.45) is 1.53. The van der Waals surface area contributed by atoms with Crippen LogP contribution in [0.3, 0.4) is 0 Å². The minimum absolute atomic E-state index is 0.106. The van der Waals surface area contributed by atoms with Crippen LogP contribution in [0.2, 0.25) is 0 Å². The fourth-order valence-corrected chi connectivity index (χ4v) is 3.31. The summed E-state index contributed by atoms with van der Waals surface area (Å²) in [5, 5.41) is 0. The van der Waals surface area contributed by atoms with Crippen molar-refractivity contribution in [3.05, 3.63) is 45.3 Å². The summed E-state index contributed by atoms with van der Waals surface area (Å²) >= 11 is 0. The van der Waals surface area contributed by atoms with Crippen molar-refractivity contribution >= 4 is 23.0 Å². The number of carbonyl (C=O) groups is 1. The molecule has 1 aliphatic rings. The van der Waals surface area contributed by atoms with E-state index in [9.17, 15) is 9.59 Å². The lowest BCUT2D eigenvalue weighted by Gasteiger charge is -2.14. The van der Waals surface area contributed by atoms with Gasteiger partial charge in [0, 0.05) is 19.8 Å². The zero-order chi connectivity index (χ0) is 18.6. The minimum Gasteiger partial charge on any atom is -0.369 e. The van der Waals surface area contributed by atoms with Gasteiger partial charge >= 0.3 is 0 Å². The van der Waals surface area contributed by atoms with Gasteiger partial charge < -0.3 is 10.6 Å². The third kappa shape index (κ3) is 2.27. The zero-order valence-electron chi connectivity index (χ0n) is 14.9. The maximum absolute atomic E-state index is 12.9. The highest BCUT2D eigenvalue weighted by Gasteiger charge is 2.29. The molecule has 0 radical (unpaired) electrons. The molecule has 26 heavy (non-hydrogen) atoms. The third-order valence-electron chi connectivity index (χ3n) is 4.85. The van der Waals surface area contributed by atoms with Crippen LogP contribution in [0.15, 0.2) is 17.1 Å². The van der Waals surface area contributed by atoms with Gasteiger partial charge in [-0.25, -0.2) is 15.0 Å². The molecule has 0 atom stereocenters. The van der Waals surface area contributed by atoms with Gasteiger partial charge in [0.05, 0.1) is 29.9 Å². The summed E-state index contributed by atoms with van der Waals surface area (Å²) < 4.78 is 3.28. The molecule has 4 heterocycles. The SMILES string of the molecule is CCn1c(N)nc2cc(C(=O)N3Cc4nc(C)n(C)c(=O)c4C3)cnc21. The van der Waals surface area contributed by atoms with E-state index in [-0.39, 0.29) is 18.0 Å². The lowest BCUT2D eigenvalue weighted by atomic mass is 10.2. The molecule has 0 aromatic carbocycles. The molecule has 0 aliphatic carbocycles. The molecule has 134 valence electrons. The molecule has 1 amide bonds. The smallest absolute Gasteiger partial charge is 0.258 e. The molecule has 0 fully saturated rings. The number of pyridine rings is 1. The lowest BCUT2D eigenvalue weighted by Crippen LogP contribution is -2.27. The number of hydrogen-bond donors (Lipinski definition) is 1. The van der Waals surface area contributed by atoms with E-state index < -0.39 is 0 Å². The first-order valence-corrected chi connectivity index (χ1v) is 8.37. The Kier molecular flexibility index (Phi) is 3.53. The van der Waals surface area contributed by atoms with Crippen molar-refractivity contribution in [2.75, 3.05) is 5.73 Å². The normalized spacial score (nSPS) is 13.4. The number of nitrogen functional groups attached to an aromatic ring is 1. The van der Waals surface area contributed by atoms with Crippen molar-refractivity contribution in [3.63, 3.8) is 0 Å². The molecule has 0 bridgehead atoms. The highest BCUT2D eigenvalue weighted by Crippen LogP contribution is 2.22. The standard InChI is InChI=1S/C17H19N7O2/c1-4-24-14-12(21-17(24)18)5-10(6-19-14)15(25)23-7-11-13(8-23)20-9(2)22(3)16(11)26/h5-6H,4,7-8H2,1-3H3,(H2,18,21). The van der Waals surface area contributed by atoms with E-state index in [4.69, 9.17) is 5.73 Å². The van der Waals surface area contributed by atoms with E-state index in [0.717, 1.165) is 0 Å². The molecule has 0 unspecified atom stereocenters. The molecule has 1 aliphatic heterocycles. The topological polar surface area (TPSA) is 112 Å². The van der Waals surface area contributed by atoms with E-state index in [0.29, 0.717) is 52.8 Å². The minimum atomic E-state index is -0.207. The predicted molar refractivity (Wildman–Crippen MR) is 95.4 cm³/mol. The van der Waals surface area contributed by atoms with Crippen LogP contribution >= 0.6 is 0 Å². The van der Waals surface area contributed by atoms with Crippen molar-refractivity contribution in [1.29, 1.82) is 0 Å². The van der Waals surface area contributed by atoms with Gasteiger partial charge in [-0.3, -0.25) is 18.7 Å². The summed E-state index contributed by atoms with van der Waals surface area (Å²) in [4.78, 5) is 39.9. The molecule has 2 N–H and O–H groups in total. The number of nitrogens with two attached hydrogens (primary N) is 1. The predicted octanol–water partition coefficient (Wildman–Crippen LogP) is 0.592. The van der Waals surface area contributed by atoms with Crippen LogP contribution in [0.5, 0.6) is 0 Å². The number of rotatable bonds is 2. The Morgan fingerprint density at radius 2 is 2.08 bits per heavy atom. The molecular weight excluding hydrogens is 334 g/mol. The van der Waals surface area contributed by atoms with E-state index in [2.05, 4.69) is 15.0 Å². The zero-order valence-corrected chi connectivity index (χ0v) is 14.9. The molecule has 3 aromatic rings. The van der Waals surface area contributed by atoms with Crippen LogP contribution in [0, 0.1) is 6.92 Å². The summed E-state index contributed by atoms with van der Waals surface area (Å²) in [5.74, 6) is 0.796. The van der Waals surface area contributed by atoms with Crippen molar-refractivity contribution in [1.82, 2.24) is 29.0 Å². The number of anilines is 1. The Morgan fingerprint density at radius 1 is 1.31 bits per heavy atom. The average Bonchev–Trinajstić information content (AvgIpc) is 3.18. The molecule has 4 rings (SSSR count). The highest BCUT2D eigenvalue weighted by molar-refractivity contribution is 5.96. The van der Waals surface area contributed by atoms with Gasteiger partial charge in [0.25, 0.3) is 11.5 Å². The van der Waals surface area contributed by atoms with Gasteiger partial charge in [-0.2, -0.15) is 0 Å². The molecular formula is C17H19N7O2. The Labute approximate surface area is 149 Å². The van der Waals surface area contributed by atoms with Crippen molar-refractivity contribution in [2.24, 2.45) is 7.05 Å². The molecule has 0 saturated heterocycles. The van der Waals surface area contributed by atoms with Crippen LogP contribution in [0.4, 0.5) is 5.95 Å². The summed E-state index contributed by atoms with van der Waals surface area (Å²) in [7, 11) is 1.68. The largest absolute Gasteiger partial charge is 0.369 e. The van der Waals surface area contributed by atoms with Crippen LogP contribution in [-0.2, 0) is 26.7 Å². The van der Waals surface area contributed by atoms with Gasteiger partial charge in [-0.15, -0.1) is 0 Å². The van der Waals surface area contributed by atoms with Gasteiger partial charge in [0.1, 0.15) is 11.3 Å². The van der Waals surface area contributed by atoms with E-state index >= 15 is 0 Å². The Morgan fingerprint density at radius 3 is 2.81 bits per heavy atom. The molecule has 3 aromatic heterocycles. The number of fused-ring (bicyclic) bond motifs is 2. The second-order valence-corrected chi connectivity index (χ2v) is 6.39. The van der Waals surface area contributed by atoms with E-state index in [1.54, 1.807) is 29.5 Å². The van der Waals surface area contributed by atoms with E-state index in [1.165, 1.54) is 10.8 Å². The first kappa shape index (κ1) is 16.2. The second-order valence-electron chi connectivity index (χ2n) is 6.39. The number of aromatic nitrogens is 5. The molecule has 0 saturated carbocycles. The second kappa shape index (κ2) is 5.65. The number of hydrogen-bond acceptors (Lipinski definition) is 6. The van der Waals surface area contributed by atoms with E-state index in [1.807, 2.05) is 6.92 Å².